The minimum Gasteiger partial charge on any atom is -0.508 e. The van der Waals surface area contributed by atoms with Crippen LogP contribution in [0.15, 0.2) is 130 Å². The molecule has 3 aromatic carbocycles. The number of carbonyl (C=O) groups excluding carboxylic acids is 2. The van der Waals surface area contributed by atoms with Gasteiger partial charge in [-0.2, -0.15) is 0 Å². The van der Waals surface area contributed by atoms with Crippen LogP contribution in [0, 0.1) is 40.9 Å². The van der Waals surface area contributed by atoms with E-state index in [1.165, 1.54) is 0 Å². The van der Waals surface area contributed by atoms with Gasteiger partial charge in [0.05, 0.1) is 30.5 Å². The molecule has 16 heteroatoms. The Morgan fingerprint density at radius 1 is 0.976 bits per heavy atom. The van der Waals surface area contributed by atoms with Gasteiger partial charge in [0.1, 0.15) is 30.3 Å². The summed E-state index contributed by atoms with van der Waals surface area (Å²) >= 11 is 0. The summed E-state index contributed by atoms with van der Waals surface area (Å²) in [5, 5.41) is 83.4. The van der Waals surface area contributed by atoms with Crippen molar-refractivity contribution >= 4 is 17.6 Å². The van der Waals surface area contributed by atoms with Gasteiger partial charge >= 0.3 is 0 Å². The molecule has 9 rings (SSSR count). The van der Waals surface area contributed by atoms with E-state index in [2.05, 4.69) is 39.4 Å². The van der Waals surface area contributed by atoms with E-state index in [1.807, 2.05) is 81.5 Å². The summed E-state index contributed by atoms with van der Waals surface area (Å²) in [5.41, 5.74) is 22.7. The number of hydrogen-bond donors (Lipinski definition) is 12. The maximum absolute atomic E-state index is 15.3. The van der Waals surface area contributed by atoms with Crippen LogP contribution in [0.4, 0.5) is 0 Å². The molecule has 1 spiro atoms. The number of aromatic hydroxyl groups is 1. The number of phenols is 1. The summed E-state index contributed by atoms with van der Waals surface area (Å²) in [6.45, 7) is 10.9. The molecule has 3 fully saturated rings. The fourth-order valence-corrected chi connectivity index (χ4v) is 15.1. The van der Waals surface area contributed by atoms with E-state index < -0.39 is 76.8 Å². The molecule has 6 aliphatic rings. The van der Waals surface area contributed by atoms with Gasteiger partial charge in [-0.05, 0) is 158 Å². The molecule has 4 bridgehead atoms. The molecule has 13 atom stereocenters. The first-order valence-electron chi connectivity index (χ1n) is 29.8. The predicted octanol–water partition coefficient (Wildman–Crippen LogP) is 5.92. The number of aliphatic hydroxyl groups is 5. The molecule has 3 aromatic rings. The van der Waals surface area contributed by atoms with Crippen molar-refractivity contribution in [3.8, 4) is 17.6 Å². The molecule has 13 unspecified atom stereocenters. The van der Waals surface area contributed by atoms with Crippen LogP contribution in [0.1, 0.15) is 136 Å². The highest BCUT2D eigenvalue weighted by Gasteiger charge is 2.69. The molecule has 444 valence electrons. The predicted molar refractivity (Wildman–Crippen MR) is 322 cm³/mol. The van der Waals surface area contributed by atoms with Crippen molar-refractivity contribution in [2.75, 3.05) is 32.8 Å². The first-order valence-corrected chi connectivity index (χ1v) is 29.8. The largest absolute Gasteiger partial charge is 0.508 e. The topological polar surface area (TPSA) is 291 Å². The number of amides is 1. The lowest BCUT2D eigenvalue weighted by atomic mass is 9.51. The molecular formula is C67H87N7O9. The summed E-state index contributed by atoms with van der Waals surface area (Å²) in [7, 11) is 0. The van der Waals surface area contributed by atoms with E-state index in [4.69, 9.17) is 21.9 Å². The van der Waals surface area contributed by atoms with Crippen molar-refractivity contribution in [3.63, 3.8) is 0 Å². The van der Waals surface area contributed by atoms with Crippen LogP contribution in [-0.2, 0) is 33.6 Å². The number of nitrogens with zero attached hydrogens (tertiary/aromatic N) is 1. The Balaban J connectivity index is 1.14. The number of hydrogen-bond acceptors (Lipinski definition) is 13. The van der Waals surface area contributed by atoms with Gasteiger partial charge in [-0.25, -0.2) is 0 Å². The highest BCUT2D eigenvalue weighted by Crippen LogP contribution is 2.68. The van der Waals surface area contributed by atoms with Gasteiger partial charge in [0.2, 0.25) is 5.91 Å². The van der Waals surface area contributed by atoms with Crippen molar-refractivity contribution in [1.29, 1.82) is 0 Å². The Bertz CT molecular complexity index is 3100. The van der Waals surface area contributed by atoms with Crippen LogP contribution >= 0.6 is 0 Å². The number of aliphatic hydroxyl groups excluding tert-OH is 3. The first-order chi connectivity index (χ1) is 39.7. The van der Waals surface area contributed by atoms with Gasteiger partial charge in [0, 0.05) is 49.6 Å². The minimum absolute atomic E-state index is 0.0610. The van der Waals surface area contributed by atoms with Gasteiger partial charge < -0.3 is 57.9 Å². The third kappa shape index (κ3) is 13.2. The normalized spacial score (nSPS) is 32.5. The van der Waals surface area contributed by atoms with Crippen molar-refractivity contribution in [2.24, 2.45) is 51.3 Å². The van der Waals surface area contributed by atoms with Gasteiger partial charge in [-0.15, -0.1) is 0 Å². The summed E-state index contributed by atoms with van der Waals surface area (Å²) < 4.78 is 6.32. The lowest BCUT2D eigenvalue weighted by Crippen LogP contribution is -2.61. The number of fused-ring (bicyclic) bond motifs is 4. The second kappa shape index (κ2) is 26.4. The number of benzene rings is 3. The summed E-state index contributed by atoms with van der Waals surface area (Å²) in [5.74, 6) is 3.64. The molecule has 3 saturated carbocycles. The first kappa shape index (κ1) is 61.3. The number of β-amino-alcohol motifs (C(OH)–C–C–N with tert-alkyl or cyclic N) is 1. The molecule has 3 aliphatic carbocycles. The molecule has 15 N–H and O–H groups in total. The van der Waals surface area contributed by atoms with Crippen LogP contribution in [-0.4, -0.2) is 111 Å². The average molecular weight is 1130 g/mol. The fourth-order valence-electron chi connectivity index (χ4n) is 15.1. The van der Waals surface area contributed by atoms with E-state index >= 15 is 4.79 Å². The lowest BCUT2D eigenvalue weighted by molar-refractivity contribution is -0.181. The van der Waals surface area contributed by atoms with Gasteiger partial charge in [0.15, 0.2) is 11.7 Å². The van der Waals surface area contributed by atoms with Crippen LogP contribution in [0.2, 0.25) is 0 Å². The number of Topliss-reactive ketones (excluding diaryl/α,β-unsaturated/α-hetero) is 1. The Hall–Kier alpha value is -6.23. The Labute approximate surface area is 489 Å². The Kier molecular flexibility index (Phi) is 19.5. The monoisotopic (exact) mass is 1130 g/mol. The third-order valence-corrected chi connectivity index (χ3v) is 19.3. The summed E-state index contributed by atoms with van der Waals surface area (Å²) in [4.78, 5) is 34.0. The maximum atomic E-state index is 15.3. The van der Waals surface area contributed by atoms with E-state index in [-0.39, 0.29) is 62.6 Å². The summed E-state index contributed by atoms with van der Waals surface area (Å²) in [6, 6.07) is 19.1. The van der Waals surface area contributed by atoms with E-state index in [0.717, 1.165) is 46.3 Å². The van der Waals surface area contributed by atoms with E-state index in [0.29, 0.717) is 92.2 Å². The Morgan fingerprint density at radius 2 is 1.73 bits per heavy atom. The number of allylic oxidation sites excluding steroid dienone is 5. The number of ketones is 1. The van der Waals surface area contributed by atoms with Gasteiger partial charge in [0.25, 0.3) is 0 Å². The smallest absolute Gasteiger partial charge is 0.243 e. The molecule has 83 heavy (non-hydrogen) atoms. The number of ether oxygens (including phenoxy) is 1. The standard InChI is InChI=1S/C67H87N7O9/c1-5-73-67(82)30-26-40(2)12-6-7-31-83-39-48(17-8-13-41(67)3)58-47-18-11-28-65(81)29-27-51-42(4)56(77)35-46-16-10-19-52-59(46)60(63(80)74-62(52)68)71-38-57(78)53(54(37-72-64(69)70)45-20-22-49(75)23-21-45)34-44-15-9-14-43(32-44)33-50(76)24-25-55(51)66(65,36-47)61(58)79/h8-10,13-17,19-23,26,32,47,50,53-55,57-58,60-62,71,73,75-76,78-79,81-82H,3,5,11-12,18,24-25,27-31,33-39,68H2,1-2,4H3,(H,74,80)(H4,69,70,72). The molecule has 3 aliphatic heterocycles. The van der Waals surface area contributed by atoms with Gasteiger partial charge in [-0.1, -0.05) is 122 Å². The number of nitrogens with one attached hydrogen (secondary N) is 3. The van der Waals surface area contributed by atoms with Crippen molar-refractivity contribution in [2.45, 2.75) is 152 Å². The molecule has 0 radical (unpaired) electrons. The van der Waals surface area contributed by atoms with Crippen LogP contribution in [0.25, 0.3) is 0 Å². The van der Waals surface area contributed by atoms with Crippen LogP contribution in [0.3, 0.4) is 0 Å². The number of likely N-dealkylation sites (N-methyl/N-ethyl adjacent to an activating group) is 1. The van der Waals surface area contributed by atoms with E-state index in [9.17, 15) is 35.4 Å². The second-order valence-corrected chi connectivity index (χ2v) is 24.4. The molecular weight excluding hydrogens is 1050 g/mol. The number of nitrogens with two attached hydrogens (primary N) is 3. The second-order valence-electron chi connectivity index (χ2n) is 24.4. The molecule has 0 aromatic heterocycles. The zero-order valence-corrected chi connectivity index (χ0v) is 48.5. The molecule has 3 heterocycles. The zero-order chi connectivity index (χ0) is 59.2. The van der Waals surface area contributed by atoms with Gasteiger partial charge in [-0.3, -0.25) is 25.2 Å². The van der Waals surface area contributed by atoms with Crippen LogP contribution < -0.4 is 33.2 Å². The summed E-state index contributed by atoms with van der Waals surface area (Å²) in [6.07, 6.45) is 8.90. The molecule has 16 nitrogen and oxygen atoms in total. The number of guanidine groups is 1. The fraction of sp³-hybridized carbons (Fsp3) is 0.507. The lowest BCUT2D eigenvalue weighted by Gasteiger charge is -2.57. The number of aliphatic imine (C=N–C) groups is 1. The number of rotatable bonds is 7. The quantitative estimate of drug-likeness (QED) is 0.0430. The average Bonchev–Trinajstić information content (AvgIpc) is 3.11. The van der Waals surface area contributed by atoms with Crippen LogP contribution in [0.5, 0.6) is 5.75 Å². The van der Waals surface area contributed by atoms with E-state index in [1.54, 1.807) is 30.3 Å². The maximum Gasteiger partial charge on any atom is 0.243 e. The Morgan fingerprint density at radius 3 is 2.49 bits per heavy atom. The number of carbonyl (C=O) groups is 2. The SMILES string of the molecule is C=C1C=CC=C(C2C3CCCC4(O)CCC5=C(C)C(=O)Cc6cccc7c6C(NCC(O)C(C(CN=C(N)N)c6ccc(O)cc6)Cc6cccc(c6)CC(O)CCC5C4(C3)C2O)C(=O)NC7N)COCC#CCC(C)=CCC1(O)NCC. The minimum atomic E-state index is -1.40. The highest BCUT2D eigenvalue weighted by atomic mass is 16.5. The van der Waals surface area contributed by atoms with Crippen molar-refractivity contribution < 1.29 is 45.0 Å². The third-order valence-electron chi connectivity index (χ3n) is 19.3. The highest BCUT2D eigenvalue weighted by molar-refractivity contribution is 5.98. The molecule has 0 saturated heterocycles. The molecule has 1 amide bonds. The van der Waals surface area contributed by atoms with Crippen molar-refractivity contribution in [3.05, 3.63) is 159 Å². The number of phenolic OH excluding ortho intramolecular Hbond substituents is 1. The zero-order valence-electron chi connectivity index (χ0n) is 48.5. The van der Waals surface area contributed by atoms with Crippen molar-refractivity contribution in [1.82, 2.24) is 16.0 Å².